The van der Waals surface area contributed by atoms with Gasteiger partial charge >= 0.3 is 5.97 Å². The molecule has 1 aromatic carbocycles. The molecule has 24 heavy (non-hydrogen) atoms. The van der Waals surface area contributed by atoms with Crippen LogP contribution in [-0.4, -0.2) is 52.8 Å². The van der Waals surface area contributed by atoms with Crippen LogP contribution in [0.1, 0.15) is 16.9 Å². The molecule has 7 nitrogen and oxygen atoms in total. The standard InChI is InChI=1S/C16H15ClN2O5/c1-23-11-6-13(16(21)22)19(8-11)15(20)12-7-14(24-18-12)9-2-4-10(17)5-3-9/h2-5,7,11,13H,6,8H2,1H3,(H,21,22). The first-order chi connectivity index (χ1) is 11.5. The van der Waals surface area contributed by atoms with Crippen molar-refractivity contribution in [3.63, 3.8) is 0 Å². The molecule has 2 aromatic rings. The van der Waals surface area contributed by atoms with E-state index in [-0.39, 0.29) is 24.8 Å². The van der Waals surface area contributed by atoms with Gasteiger partial charge in [-0.05, 0) is 24.3 Å². The van der Waals surface area contributed by atoms with Gasteiger partial charge in [-0.3, -0.25) is 4.79 Å². The lowest BCUT2D eigenvalue weighted by Gasteiger charge is -2.19. The molecule has 1 amide bonds. The highest BCUT2D eigenvalue weighted by molar-refractivity contribution is 6.30. The average Bonchev–Trinajstić information content (AvgIpc) is 3.22. The number of carbonyl (C=O) groups excluding carboxylic acids is 1. The van der Waals surface area contributed by atoms with Crippen molar-refractivity contribution in [2.24, 2.45) is 0 Å². The molecular formula is C16H15ClN2O5. The Bertz CT molecular complexity index is 758. The predicted octanol–water partition coefficient (Wildman–Crippen LogP) is 2.31. The number of carboxylic acids is 1. The third-order valence-corrected chi connectivity index (χ3v) is 4.25. The van der Waals surface area contributed by atoms with Crippen LogP contribution >= 0.6 is 11.6 Å². The molecule has 1 saturated heterocycles. The van der Waals surface area contributed by atoms with Gasteiger partial charge in [0.15, 0.2) is 11.5 Å². The van der Waals surface area contributed by atoms with E-state index < -0.39 is 17.9 Å². The zero-order chi connectivity index (χ0) is 17.3. The Labute approximate surface area is 142 Å². The number of aliphatic carboxylic acids is 1. The third-order valence-electron chi connectivity index (χ3n) is 4.00. The summed E-state index contributed by atoms with van der Waals surface area (Å²) in [5, 5.41) is 13.7. The summed E-state index contributed by atoms with van der Waals surface area (Å²) < 4.78 is 10.4. The minimum absolute atomic E-state index is 0.0583. The first kappa shape index (κ1) is 16.5. The Hall–Kier alpha value is -2.38. The molecule has 8 heteroatoms. The molecule has 1 fully saturated rings. The molecule has 1 aliphatic rings. The zero-order valence-corrected chi connectivity index (χ0v) is 13.6. The maximum atomic E-state index is 12.6. The van der Waals surface area contributed by atoms with Crippen molar-refractivity contribution < 1.29 is 24.0 Å². The van der Waals surface area contributed by atoms with Crippen LogP contribution in [0.4, 0.5) is 0 Å². The molecule has 1 aromatic heterocycles. The fraction of sp³-hybridized carbons (Fsp3) is 0.312. The van der Waals surface area contributed by atoms with Crippen LogP contribution in [0.5, 0.6) is 0 Å². The number of benzene rings is 1. The summed E-state index contributed by atoms with van der Waals surface area (Å²) in [4.78, 5) is 25.2. The molecule has 0 bridgehead atoms. The first-order valence-electron chi connectivity index (χ1n) is 7.29. The summed E-state index contributed by atoms with van der Waals surface area (Å²) in [7, 11) is 1.49. The molecule has 2 unspecified atom stereocenters. The van der Waals surface area contributed by atoms with E-state index in [2.05, 4.69) is 5.16 Å². The molecule has 0 aliphatic carbocycles. The Morgan fingerprint density at radius 3 is 2.71 bits per heavy atom. The number of amides is 1. The highest BCUT2D eigenvalue weighted by Crippen LogP contribution is 2.26. The third kappa shape index (κ3) is 3.13. The lowest BCUT2D eigenvalue weighted by molar-refractivity contribution is -0.141. The van der Waals surface area contributed by atoms with Crippen LogP contribution < -0.4 is 0 Å². The highest BCUT2D eigenvalue weighted by Gasteiger charge is 2.41. The van der Waals surface area contributed by atoms with Crippen molar-refractivity contribution in [2.75, 3.05) is 13.7 Å². The van der Waals surface area contributed by atoms with Gasteiger partial charge in [-0.1, -0.05) is 16.8 Å². The maximum absolute atomic E-state index is 12.6. The maximum Gasteiger partial charge on any atom is 0.326 e. The lowest BCUT2D eigenvalue weighted by Crippen LogP contribution is -2.40. The molecule has 3 rings (SSSR count). The van der Waals surface area contributed by atoms with Crippen LogP contribution in [0.15, 0.2) is 34.9 Å². The van der Waals surface area contributed by atoms with Gasteiger partial charge in [0.25, 0.3) is 5.91 Å². The van der Waals surface area contributed by atoms with E-state index in [0.29, 0.717) is 10.8 Å². The van der Waals surface area contributed by atoms with E-state index in [1.165, 1.54) is 18.1 Å². The van der Waals surface area contributed by atoms with E-state index in [0.717, 1.165) is 5.56 Å². The van der Waals surface area contributed by atoms with Gasteiger partial charge in [-0.15, -0.1) is 0 Å². The minimum atomic E-state index is -1.07. The fourth-order valence-corrected chi connectivity index (χ4v) is 2.83. The predicted molar refractivity (Wildman–Crippen MR) is 84.8 cm³/mol. The van der Waals surface area contributed by atoms with Crippen molar-refractivity contribution in [3.8, 4) is 11.3 Å². The number of ether oxygens (including phenoxy) is 1. The van der Waals surface area contributed by atoms with Gasteiger partial charge in [0.1, 0.15) is 6.04 Å². The van der Waals surface area contributed by atoms with Crippen LogP contribution in [0.2, 0.25) is 5.02 Å². The Balaban J connectivity index is 1.82. The van der Waals surface area contributed by atoms with Gasteiger partial charge in [-0.2, -0.15) is 0 Å². The van der Waals surface area contributed by atoms with Gasteiger partial charge in [-0.25, -0.2) is 4.79 Å². The van der Waals surface area contributed by atoms with Gasteiger partial charge in [0, 0.05) is 36.7 Å². The van der Waals surface area contributed by atoms with Crippen LogP contribution in [0.3, 0.4) is 0 Å². The number of aromatic nitrogens is 1. The second-order valence-corrected chi connectivity index (χ2v) is 5.92. The summed E-state index contributed by atoms with van der Waals surface area (Å²) in [6.45, 7) is 0.204. The van der Waals surface area contributed by atoms with E-state index >= 15 is 0 Å². The number of rotatable bonds is 4. The monoisotopic (exact) mass is 350 g/mol. The summed E-state index contributed by atoms with van der Waals surface area (Å²) in [5.74, 6) is -1.15. The lowest BCUT2D eigenvalue weighted by atomic mass is 10.1. The molecule has 1 aliphatic heterocycles. The summed E-state index contributed by atoms with van der Waals surface area (Å²) in [5.41, 5.74) is 0.778. The minimum Gasteiger partial charge on any atom is -0.480 e. The van der Waals surface area contributed by atoms with Crippen molar-refractivity contribution in [3.05, 3.63) is 41.0 Å². The molecule has 2 heterocycles. The number of likely N-dealkylation sites (tertiary alicyclic amines) is 1. The topological polar surface area (TPSA) is 92.9 Å². The molecule has 1 N–H and O–H groups in total. The molecule has 2 atom stereocenters. The normalized spacial score (nSPS) is 20.3. The largest absolute Gasteiger partial charge is 0.480 e. The first-order valence-corrected chi connectivity index (χ1v) is 7.66. The highest BCUT2D eigenvalue weighted by atomic mass is 35.5. The van der Waals surface area contributed by atoms with Gasteiger partial charge in [0.2, 0.25) is 0 Å². The van der Waals surface area contributed by atoms with Gasteiger partial charge in [0.05, 0.1) is 6.10 Å². The van der Waals surface area contributed by atoms with Crippen molar-refractivity contribution in [2.45, 2.75) is 18.6 Å². The summed E-state index contributed by atoms with van der Waals surface area (Å²) >= 11 is 5.84. The smallest absolute Gasteiger partial charge is 0.326 e. The van der Waals surface area contributed by atoms with E-state index in [1.807, 2.05) is 0 Å². The Morgan fingerprint density at radius 1 is 1.38 bits per heavy atom. The number of halogens is 1. The van der Waals surface area contributed by atoms with Crippen LogP contribution in [0.25, 0.3) is 11.3 Å². The van der Waals surface area contributed by atoms with Crippen LogP contribution in [-0.2, 0) is 9.53 Å². The fourth-order valence-electron chi connectivity index (χ4n) is 2.70. The summed E-state index contributed by atoms with van der Waals surface area (Å²) in [6, 6.07) is 7.45. The average molecular weight is 351 g/mol. The molecule has 0 radical (unpaired) electrons. The number of hydrogen-bond donors (Lipinski definition) is 1. The number of methoxy groups -OCH3 is 1. The van der Waals surface area contributed by atoms with E-state index in [4.69, 9.17) is 20.9 Å². The number of hydrogen-bond acceptors (Lipinski definition) is 5. The van der Waals surface area contributed by atoms with Crippen molar-refractivity contribution in [1.29, 1.82) is 0 Å². The number of carbonyl (C=O) groups is 2. The molecule has 0 saturated carbocycles. The number of carboxylic acid groups (broad SMARTS) is 1. The van der Waals surface area contributed by atoms with Crippen molar-refractivity contribution >= 4 is 23.5 Å². The Morgan fingerprint density at radius 2 is 2.08 bits per heavy atom. The van der Waals surface area contributed by atoms with E-state index in [9.17, 15) is 14.7 Å². The second-order valence-electron chi connectivity index (χ2n) is 5.49. The number of nitrogens with zero attached hydrogens (tertiary/aromatic N) is 2. The molecule has 0 spiro atoms. The SMILES string of the molecule is COC1CC(C(=O)O)N(C(=O)c2cc(-c3ccc(Cl)cc3)on2)C1. The Kier molecular flexibility index (Phi) is 4.55. The van der Waals surface area contributed by atoms with Gasteiger partial charge < -0.3 is 19.3 Å². The van der Waals surface area contributed by atoms with Crippen molar-refractivity contribution in [1.82, 2.24) is 10.1 Å². The quantitative estimate of drug-likeness (QED) is 0.909. The van der Waals surface area contributed by atoms with Crippen LogP contribution in [0, 0.1) is 0 Å². The van der Waals surface area contributed by atoms with E-state index in [1.54, 1.807) is 24.3 Å². The second kappa shape index (κ2) is 6.62. The molecular weight excluding hydrogens is 336 g/mol. The zero-order valence-electron chi connectivity index (χ0n) is 12.8. The molecule has 126 valence electrons. The summed E-state index contributed by atoms with van der Waals surface area (Å²) in [6.07, 6.45) is -0.0582.